The predicted molar refractivity (Wildman–Crippen MR) is 88.8 cm³/mol. The quantitative estimate of drug-likeness (QED) is 0.779. The van der Waals surface area contributed by atoms with Crippen molar-refractivity contribution in [2.24, 2.45) is 0 Å². The number of para-hydroxylation sites is 1. The van der Waals surface area contributed by atoms with Gasteiger partial charge < -0.3 is 9.84 Å². The number of nitrogens with zero attached hydrogens (tertiary/aromatic N) is 4. The monoisotopic (exact) mass is 311 g/mol. The standard InChI is InChI=1S/C17H21N5O/c1-11(2)16-19-17(23-21-16)18-10-15-12(3)20-22(13(15)4)14-8-6-5-7-9-14/h5-9,11H,10H2,1-4H3,(H,18,19,21). The molecule has 0 unspecified atom stereocenters. The summed E-state index contributed by atoms with van der Waals surface area (Å²) in [4.78, 5) is 4.33. The van der Waals surface area contributed by atoms with E-state index in [0.717, 1.165) is 22.6 Å². The lowest BCUT2D eigenvalue weighted by Crippen LogP contribution is -2.03. The molecule has 0 aliphatic heterocycles. The average molecular weight is 311 g/mol. The lowest BCUT2D eigenvalue weighted by molar-refractivity contribution is 0.419. The Balaban J connectivity index is 1.79. The molecule has 0 aliphatic carbocycles. The van der Waals surface area contributed by atoms with Crippen molar-refractivity contribution in [1.82, 2.24) is 19.9 Å². The lowest BCUT2D eigenvalue weighted by atomic mass is 10.2. The van der Waals surface area contributed by atoms with Crippen LogP contribution in [0.2, 0.25) is 0 Å². The molecule has 0 aliphatic rings. The Kier molecular flexibility index (Phi) is 4.14. The number of benzene rings is 1. The third-order valence-electron chi connectivity index (χ3n) is 3.82. The van der Waals surface area contributed by atoms with Crippen molar-refractivity contribution in [3.05, 3.63) is 53.1 Å². The summed E-state index contributed by atoms with van der Waals surface area (Å²) in [5.41, 5.74) is 4.28. The summed E-state index contributed by atoms with van der Waals surface area (Å²) in [6.45, 7) is 8.75. The summed E-state index contributed by atoms with van der Waals surface area (Å²) in [5.74, 6) is 0.958. The van der Waals surface area contributed by atoms with E-state index in [1.165, 1.54) is 0 Å². The van der Waals surface area contributed by atoms with Crippen LogP contribution < -0.4 is 5.32 Å². The summed E-state index contributed by atoms with van der Waals surface area (Å²) >= 11 is 0. The van der Waals surface area contributed by atoms with E-state index in [2.05, 4.69) is 27.5 Å². The molecule has 0 atom stereocenters. The minimum atomic E-state index is 0.249. The topological polar surface area (TPSA) is 68.8 Å². The van der Waals surface area contributed by atoms with Gasteiger partial charge in [-0.15, -0.1) is 0 Å². The minimum absolute atomic E-state index is 0.249. The largest absolute Gasteiger partial charge is 0.334 e. The van der Waals surface area contributed by atoms with Crippen LogP contribution in [0.15, 0.2) is 34.9 Å². The Hall–Kier alpha value is -2.63. The van der Waals surface area contributed by atoms with Gasteiger partial charge in [-0.05, 0) is 26.0 Å². The predicted octanol–water partition coefficient (Wildman–Crippen LogP) is 3.61. The maximum absolute atomic E-state index is 5.22. The van der Waals surface area contributed by atoms with Gasteiger partial charge in [0.15, 0.2) is 5.82 Å². The Morgan fingerprint density at radius 1 is 1.17 bits per heavy atom. The van der Waals surface area contributed by atoms with E-state index in [-0.39, 0.29) is 5.92 Å². The highest BCUT2D eigenvalue weighted by molar-refractivity contribution is 5.38. The van der Waals surface area contributed by atoms with Crippen molar-refractivity contribution >= 4 is 6.01 Å². The molecule has 0 saturated heterocycles. The molecule has 0 bridgehead atoms. The van der Waals surface area contributed by atoms with Crippen molar-refractivity contribution in [3.63, 3.8) is 0 Å². The van der Waals surface area contributed by atoms with E-state index in [4.69, 9.17) is 4.52 Å². The zero-order valence-electron chi connectivity index (χ0n) is 13.9. The fourth-order valence-corrected chi connectivity index (χ4v) is 2.46. The number of rotatable bonds is 5. The molecule has 6 nitrogen and oxygen atoms in total. The van der Waals surface area contributed by atoms with Crippen LogP contribution in [0.3, 0.4) is 0 Å². The van der Waals surface area contributed by atoms with Gasteiger partial charge >= 0.3 is 6.01 Å². The zero-order valence-corrected chi connectivity index (χ0v) is 13.9. The van der Waals surface area contributed by atoms with Gasteiger partial charge in [0.25, 0.3) is 0 Å². The van der Waals surface area contributed by atoms with E-state index in [0.29, 0.717) is 18.4 Å². The van der Waals surface area contributed by atoms with Crippen LogP contribution in [0.1, 0.15) is 42.5 Å². The molecule has 1 N–H and O–H groups in total. The molecule has 0 radical (unpaired) electrons. The molecule has 1 aromatic carbocycles. The first-order valence-corrected chi connectivity index (χ1v) is 7.74. The molecule has 2 aromatic heterocycles. The Morgan fingerprint density at radius 3 is 2.57 bits per heavy atom. The molecule has 0 amide bonds. The second-order valence-corrected chi connectivity index (χ2v) is 5.86. The first-order valence-electron chi connectivity index (χ1n) is 7.74. The van der Waals surface area contributed by atoms with Crippen molar-refractivity contribution in [3.8, 4) is 5.69 Å². The first-order chi connectivity index (χ1) is 11.1. The highest BCUT2D eigenvalue weighted by Crippen LogP contribution is 2.19. The summed E-state index contributed by atoms with van der Waals surface area (Å²) in [6, 6.07) is 10.6. The van der Waals surface area contributed by atoms with E-state index in [9.17, 15) is 0 Å². The fourth-order valence-electron chi connectivity index (χ4n) is 2.46. The molecule has 3 rings (SSSR count). The lowest BCUT2D eigenvalue weighted by Gasteiger charge is -2.05. The van der Waals surface area contributed by atoms with Crippen molar-refractivity contribution in [1.29, 1.82) is 0 Å². The molecule has 23 heavy (non-hydrogen) atoms. The maximum Gasteiger partial charge on any atom is 0.321 e. The van der Waals surface area contributed by atoms with Gasteiger partial charge in [0.1, 0.15) is 0 Å². The van der Waals surface area contributed by atoms with E-state index < -0.39 is 0 Å². The molecule has 0 spiro atoms. The normalized spacial score (nSPS) is 11.2. The molecule has 0 fully saturated rings. The van der Waals surface area contributed by atoms with Gasteiger partial charge in [0.05, 0.1) is 11.4 Å². The van der Waals surface area contributed by atoms with Crippen LogP contribution in [0.4, 0.5) is 6.01 Å². The number of aryl methyl sites for hydroxylation is 1. The Labute approximate surface area is 135 Å². The van der Waals surface area contributed by atoms with Crippen molar-refractivity contribution < 1.29 is 4.52 Å². The third-order valence-corrected chi connectivity index (χ3v) is 3.82. The molecule has 0 saturated carbocycles. The van der Waals surface area contributed by atoms with Crippen molar-refractivity contribution in [2.45, 2.75) is 40.2 Å². The summed E-state index contributed by atoms with van der Waals surface area (Å²) in [7, 11) is 0. The van der Waals surface area contributed by atoms with Gasteiger partial charge in [-0.2, -0.15) is 10.1 Å². The third kappa shape index (κ3) is 3.11. The molecular weight excluding hydrogens is 290 g/mol. The molecule has 3 aromatic rings. The van der Waals surface area contributed by atoms with Gasteiger partial charge in [-0.3, -0.25) is 0 Å². The summed E-state index contributed by atoms with van der Waals surface area (Å²) in [5, 5.41) is 11.8. The van der Waals surface area contributed by atoms with Gasteiger partial charge in [-0.25, -0.2) is 4.68 Å². The van der Waals surface area contributed by atoms with Gasteiger partial charge in [0.2, 0.25) is 0 Å². The van der Waals surface area contributed by atoms with Crippen LogP contribution in [-0.2, 0) is 6.54 Å². The van der Waals surface area contributed by atoms with Gasteiger partial charge in [0, 0.05) is 23.7 Å². The molecule has 2 heterocycles. The minimum Gasteiger partial charge on any atom is -0.334 e. The molecular formula is C17H21N5O. The molecule has 6 heteroatoms. The van der Waals surface area contributed by atoms with Crippen LogP contribution >= 0.6 is 0 Å². The van der Waals surface area contributed by atoms with E-state index in [1.54, 1.807) is 0 Å². The highest BCUT2D eigenvalue weighted by atomic mass is 16.5. The van der Waals surface area contributed by atoms with Crippen LogP contribution in [0.25, 0.3) is 5.69 Å². The summed E-state index contributed by atoms with van der Waals surface area (Å²) in [6.07, 6.45) is 0. The van der Waals surface area contributed by atoms with E-state index >= 15 is 0 Å². The SMILES string of the molecule is Cc1nn(-c2ccccc2)c(C)c1CNc1nc(C(C)C)no1. The Bertz CT molecular complexity index is 789. The maximum atomic E-state index is 5.22. The second kappa shape index (κ2) is 6.24. The highest BCUT2D eigenvalue weighted by Gasteiger charge is 2.14. The van der Waals surface area contributed by atoms with Crippen LogP contribution in [-0.4, -0.2) is 19.9 Å². The number of hydrogen-bond acceptors (Lipinski definition) is 5. The van der Waals surface area contributed by atoms with Crippen LogP contribution in [0, 0.1) is 13.8 Å². The summed E-state index contributed by atoms with van der Waals surface area (Å²) < 4.78 is 7.18. The Morgan fingerprint density at radius 2 is 1.91 bits per heavy atom. The van der Waals surface area contributed by atoms with Gasteiger partial charge in [-0.1, -0.05) is 37.2 Å². The smallest absolute Gasteiger partial charge is 0.321 e. The zero-order chi connectivity index (χ0) is 16.4. The molecule has 120 valence electrons. The second-order valence-electron chi connectivity index (χ2n) is 5.86. The number of nitrogens with one attached hydrogen (secondary N) is 1. The average Bonchev–Trinajstić information content (AvgIpc) is 3.12. The number of anilines is 1. The first kappa shape index (κ1) is 15.3. The fraction of sp³-hybridized carbons (Fsp3) is 0.353. The number of aromatic nitrogens is 4. The van der Waals surface area contributed by atoms with E-state index in [1.807, 2.05) is 55.8 Å². The van der Waals surface area contributed by atoms with Crippen LogP contribution in [0.5, 0.6) is 0 Å². The van der Waals surface area contributed by atoms with Crippen molar-refractivity contribution in [2.75, 3.05) is 5.32 Å². The number of hydrogen-bond donors (Lipinski definition) is 1.